The van der Waals surface area contributed by atoms with Gasteiger partial charge in [-0.25, -0.2) is 4.39 Å². The van der Waals surface area contributed by atoms with Crippen molar-refractivity contribution in [1.82, 2.24) is 0 Å². The van der Waals surface area contributed by atoms with E-state index in [4.69, 9.17) is 16.3 Å². The highest BCUT2D eigenvalue weighted by Crippen LogP contribution is 2.26. The summed E-state index contributed by atoms with van der Waals surface area (Å²) in [5.41, 5.74) is 1.71. The van der Waals surface area contributed by atoms with Crippen LogP contribution >= 0.6 is 11.6 Å². The summed E-state index contributed by atoms with van der Waals surface area (Å²) in [7, 11) is 0. The first-order chi connectivity index (χ1) is 13.3. The summed E-state index contributed by atoms with van der Waals surface area (Å²) in [6.45, 7) is 1.56. The minimum Gasteiger partial charge on any atom is -0.455 e. The second kappa shape index (κ2) is 8.39. The molecular weight excluding hydrogens is 387 g/mol. The van der Waals surface area contributed by atoms with Crippen LogP contribution in [0.1, 0.15) is 12.0 Å². The van der Waals surface area contributed by atoms with E-state index in [1.807, 2.05) is 31.2 Å². The Balaban J connectivity index is 1.53. The molecule has 0 aliphatic carbocycles. The van der Waals surface area contributed by atoms with Gasteiger partial charge in [-0.15, -0.1) is 0 Å². The van der Waals surface area contributed by atoms with Crippen molar-refractivity contribution in [2.45, 2.75) is 13.3 Å². The Labute approximate surface area is 166 Å². The largest absolute Gasteiger partial charge is 0.455 e. The molecule has 1 fully saturated rings. The third kappa shape index (κ3) is 4.67. The van der Waals surface area contributed by atoms with E-state index in [0.717, 1.165) is 11.6 Å². The van der Waals surface area contributed by atoms with Crippen molar-refractivity contribution >= 4 is 40.8 Å². The lowest BCUT2D eigenvalue weighted by atomic mass is 10.1. The van der Waals surface area contributed by atoms with Gasteiger partial charge in [0.05, 0.1) is 11.6 Å². The number of ether oxygens (including phenoxy) is 1. The molecule has 0 saturated carbocycles. The summed E-state index contributed by atoms with van der Waals surface area (Å²) in [6, 6.07) is 11.2. The zero-order chi connectivity index (χ0) is 20.3. The van der Waals surface area contributed by atoms with Gasteiger partial charge >= 0.3 is 5.97 Å². The number of aryl methyl sites for hydroxylation is 1. The van der Waals surface area contributed by atoms with Gasteiger partial charge in [-0.2, -0.15) is 0 Å². The third-order valence-electron chi connectivity index (χ3n) is 4.35. The van der Waals surface area contributed by atoms with Crippen LogP contribution in [-0.2, 0) is 19.1 Å². The van der Waals surface area contributed by atoms with Crippen LogP contribution in [0.3, 0.4) is 0 Å². The van der Waals surface area contributed by atoms with Gasteiger partial charge in [0.15, 0.2) is 6.61 Å². The molecule has 0 radical (unpaired) electrons. The molecule has 1 heterocycles. The van der Waals surface area contributed by atoms with Gasteiger partial charge in [0.1, 0.15) is 5.82 Å². The highest BCUT2D eigenvalue weighted by Gasteiger charge is 2.36. The average Bonchev–Trinajstić information content (AvgIpc) is 3.04. The van der Waals surface area contributed by atoms with Crippen LogP contribution in [0.5, 0.6) is 0 Å². The number of nitrogens with one attached hydrogen (secondary N) is 1. The van der Waals surface area contributed by atoms with Gasteiger partial charge in [0, 0.05) is 23.7 Å². The van der Waals surface area contributed by atoms with Crippen LogP contribution in [0.15, 0.2) is 42.5 Å². The van der Waals surface area contributed by atoms with E-state index in [0.29, 0.717) is 5.69 Å². The summed E-state index contributed by atoms with van der Waals surface area (Å²) in [5, 5.41) is 2.50. The van der Waals surface area contributed by atoms with Crippen molar-refractivity contribution in [1.29, 1.82) is 0 Å². The minimum atomic E-state index is -0.692. The summed E-state index contributed by atoms with van der Waals surface area (Å²) in [5.74, 6) is -2.86. The van der Waals surface area contributed by atoms with Crippen molar-refractivity contribution in [2.75, 3.05) is 23.4 Å². The van der Waals surface area contributed by atoms with Crippen molar-refractivity contribution in [3.8, 4) is 0 Å². The van der Waals surface area contributed by atoms with E-state index >= 15 is 0 Å². The Kier molecular flexibility index (Phi) is 5.94. The Hall–Kier alpha value is -2.93. The topological polar surface area (TPSA) is 75.7 Å². The smallest absolute Gasteiger partial charge is 0.311 e. The van der Waals surface area contributed by atoms with E-state index in [-0.39, 0.29) is 29.6 Å². The number of rotatable bonds is 5. The number of esters is 1. The first-order valence-electron chi connectivity index (χ1n) is 8.62. The lowest BCUT2D eigenvalue weighted by Crippen LogP contribution is -2.28. The fraction of sp³-hybridized carbons (Fsp3) is 0.250. The minimum absolute atomic E-state index is 0.0140. The molecule has 3 rings (SSSR count). The Bertz CT molecular complexity index is 917. The molecular formula is C20H18ClFN2O4. The molecule has 1 aliphatic rings. The molecule has 1 N–H and O–H groups in total. The van der Waals surface area contributed by atoms with E-state index in [1.54, 1.807) is 0 Å². The maximum absolute atomic E-state index is 13.7. The maximum Gasteiger partial charge on any atom is 0.311 e. The second-order valence-corrected chi connectivity index (χ2v) is 6.96. The SMILES string of the molecule is Cc1ccc(N2C[C@H](C(=O)OCC(=O)Nc3ccc(Cl)cc3F)CC2=O)cc1. The van der Waals surface area contributed by atoms with E-state index < -0.39 is 30.2 Å². The first-order valence-corrected chi connectivity index (χ1v) is 9.00. The Morgan fingerprint density at radius 1 is 1.25 bits per heavy atom. The molecule has 0 spiro atoms. The van der Waals surface area contributed by atoms with E-state index in [9.17, 15) is 18.8 Å². The van der Waals surface area contributed by atoms with Crippen molar-refractivity contribution in [3.63, 3.8) is 0 Å². The molecule has 0 aromatic heterocycles. The molecule has 0 bridgehead atoms. The number of benzene rings is 2. The molecule has 6 nitrogen and oxygen atoms in total. The summed E-state index contributed by atoms with van der Waals surface area (Å²) in [4.78, 5) is 37.8. The van der Waals surface area contributed by atoms with Gasteiger partial charge in [-0.3, -0.25) is 14.4 Å². The molecule has 28 heavy (non-hydrogen) atoms. The molecule has 1 atom stereocenters. The monoisotopic (exact) mass is 404 g/mol. The van der Waals surface area contributed by atoms with Crippen LogP contribution in [0, 0.1) is 18.7 Å². The molecule has 2 aromatic rings. The first kappa shape index (κ1) is 19.8. The number of halogens is 2. The lowest BCUT2D eigenvalue weighted by molar-refractivity contribution is -0.151. The zero-order valence-electron chi connectivity index (χ0n) is 15.1. The van der Waals surface area contributed by atoms with Gasteiger partial charge in [-0.05, 0) is 37.3 Å². The summed E-state index contributed by atoms with van der Waals surface area (Å²) >= 11 is 5.65. The Morgan fingerprint density at radius 3 is 2.64 bits per heavy atom. The number of hydrogen-bond acceptors (Lipinski definition) is 4. The summed E-state index contributed by atoms with van der Waals surface area (Å²) < 4.78 is 18.7. The quantitative estimate of drug-likeness (QED) is 0.776. The van der Waals surface area contributed by atoms with Gasteiger partial charge < -0.3 is 15.0 Å². The summed E-state index contributed by atoms with van der Waals surface area (Å²) in [6.07, 6.45) is 0.0140. The van der Waals surface area contributed by atoms with Gasteiger partial charge in [0.2, 0.25) is 5.91 Å². The average molecular weight is 405 g/mol. The molecule has 0 unspecified atom stereocenters. The molecule has 2 aromatic carbocycles. The number of nitrogens with zero attached hydrogens (tertiary/aromatic N) is 1. The Morgan fingerprint density at radius 2 is 1.96 bits per heavy atom. The van der Waals surface area contributed by atoms with Crippen LogP contribution < -0.4 is 10.2 Å². The van der Waals surface area contributed by atoms with Crippen molar-refractivity contribution < 1.29 is 23.5 Å². The fourth-order valence-electron chi connectivity index (χ4n) is 2.87. The zero-order valence-corrected chi connectivity index (χ0v) is 15.8. The maximum atomic E-state index is 13.7. The van der Waals surface area contributed by atoms with Crippen LogP contribution in [0.4, 0.5) is 15.8 Å². The highest BCUT2D eigenvalue weighted by molar-refractivity contribution is 6.30. The highest BCUT2D eigenvalue weighted by atomic mass is 35.5. The van der Waals surface area contributed by atoms with Gasteiger partial charge in [-0.1, -0.05) is 29.3 Å². The van der Waals surface area contributed by atoms with Crippen molar-refractivity contribution in [3.05, 3.63) is 58.9 Å². The number of carbonyl (C=O) groups excluding carboxylic acids is 3. The number of anilines is 2. The third-order valence-corrected chi connectivity index (χ3v) is 4.59. The standard InChI is InChI=1S/C20H18ClFN2O4/c1-12-2-5-15(6-3-12)24-10-13(8-19(24)26)20(27)28-11-18(25)23-17-7-4-14(21)9-16(17)22/h2-7,9,13H,8,10-11H2,1H3,(H,23,25)/t13-/m1/s1. The molecule has 146 valence electrons. The van der Waals surface area contributed by atoms with Crippen LogP contribution in [-0.4, -0.2) is 30.9 Å². The van der Waals surface area contributed by atoms with E-state index in [2.05, 4.69) is 5.32 Å². The number of hydrogen-bond donors (Lipinski definition) is 1. The predicted octanol–water partition coefficient (Wildman–Crippen LogP) is 3.32. The molecule has 1 aliphatic heterocycles. The van der Waals surface area contributed by atoms with E-state index in [1.165, 1.54) is 17.0 Å². The van der Waals surface area contributed by atoms with Crippen LogP contribution in [0.25, 0.3) is 0 Å². The van der Waals surface area contributed by atoms with Gasteiger partial charge in [0.25, 0.3) is 5.91 Å². The normalized spacial score (nSPS) is 16.2. The molecule has 2 amide bonds. The predicted molar refractivity (Wildman–Crippen MR) is 103 cm³/mol. The van der Waals surface area contributed by atoms with Crippen molar-refractivity contribution in [2.24, 2.45) is 5.92 Å². The number of amides is 2. The fourth-order valence-corrected chi connectivity index (χ4v) is 3.03. The second-order valence-electron chi connectivity index (χ2n) is 6.52. The lowest BCUT2D eigenvalue weighted by Gasteiger charge is -2.16. The molecule has 1 saturated heterocycles. The molecule has 8 heteroatoms. The van der Waals surface area contributed by atoms with Crippen LogP contribution in [0.2, 0.25) is 5.02 Å². The number of carbonyl (C=O) groups is 3.